The number of hydrogen-bond donors (Lipinski definition) is 0. The van der Waals surface area contributed by atoms with Crippen LogP contribution in [0.2, 0.25) is 0 Å². The van der Waals surface area contributed by atoms with E-state index in [1.807, 2.05) is 26.0 Å². The number of fused-ring (bicyclic) bond motifs is 12. The van der Waals surface area contributed by atoms with Crippen LogP contribution in [0.5, 0.6) is 0 Å². The SMILES string of the molecule is CCOC(=O)CCC1(CC2(CC3(CCC(=O)OCC)c4ccccc4-c4nc5ccccc5cc43)c3ccccc3-c3nc4ccccc4cc32)c2ccccc2-c2nc3ccccc3cc21. The number of esters is 2. The minimum Gasteiger partial charge on any atom is -0.466 e. The summed E-state index contributed by atoms with van der Waals surface area (Å²) >= 11 is 0. The van der Waals surface area contributed by atoms with E-state index in [9.17, 15) is 9.59 Å². The fourth-order valence-electron chi connectivity index (χ4n) is 12.5. The number of ether oxygens (including phenoxy) is 2. The van der Waals surface area contributed by atoms with E-state index in [4.69, 9.17) is 24.4 Å². The van der Waals surface area contributed by atoms with E-state index in [0.717, 1.165) is 94.3 Å². The highest BCUT2D eigenvalue weighted by atomic mass is 16.5. The molecule has 0 aliphatic heterocycles. The van der Waals surface area contributed by atoms with Gasteiger partial charge < -0.3 is 9.47 Å². The van der Waals surface area contributed by atoms with Gasteiger partial charge in [-0.15, -0.1) is 0 Å². The zero-order chi connectivity index (χ0) is 45.3. The lowest BCUT2D eigenvalue weighted by Gasteiger charge is -2.47. The number of benzene rings is 6. The third-order valence-corrected chi connectivity index (χ3v) is 15.1. The average molecular weight is 876 g/mol. The summed E-state index contributed by atoms with van der Waals surface area (Å²) in [7, 11) is 0. The number of para-hydroxylation sites is 3. The minimum atomic E-state index is -0.771. The molecule has 7 heteroatoms. The van der Waals surface area contributed by atoms with Gasteiger partial charge in [-0.25, -0.2) is 15.0 Å². The monoisotopic (exact) mass is 875 g/mol. The molecule has 0 fully saturated rings. The van der Waals surface area contributed by atoms with E-state index in [-0.39, 0.29) is 24.8 Å². The Kier molecular flexibility index (Phi) is 9.68. The molecule has 2 atom stereocenters. The average Bonchev–Trinajstić information content (AvgIpc) is 3.89. The Morgan fingerprint density at radius 1 is 0.403 bits per heavy atom. The van der Waals surface area contributed by atoms with Crippen molar-refractivity contribution in [3.05, 3.63) is 197 Å². The zero-order valence-corrected chi connectivity index (χ0v) is 37.7. The first-order valence-corrected chi connectivity index (χ1v) is 23.7. The van der Waals surface area contributed by atoms with Crippen LogP contribution in [0.15, 0.2) is 164 Å². The molecule has 7 nitrogen and oxygen atoms in total. The number of nitrogens with zero attached hydrogens (tertiary/aromatic N) is 3. The molecule has 0 spiro atoms. The van der Waals surface area contributed by atoms with Crippen molar-refractivity contribution >= 4 is 44.6 Å². The molecule has 3 aromatic heterocycles. The molecule has 3 aliphatic carbocycles. The van der Waals surface area contributed by atoms with Gasteiger partial charge in [-0.2, -0.15) is 0 Å². The summed E-state index contributed by atoms with van der Waals surface area (Å²) in [4.78, 5) is 44.2. The largest absolute Gasteiger partial charge is 0.466 e. The van der Waals surface area contributed by atoms with Gasteiger partial charge >= 0.3 is 11.9 Å². The van der Waals surface area contributed by atoms with Crippen molar-refractivity contribution in [3.8, 4) is 33.8 Å². The molecule has 12 rings (SSSR count). The molecule has 0 bridgehead atoms. The normalized spacial score (nSPS) is 19.4. The van der Waals surface area contributed by atoms with Crippen LogP contribution in [0.3, 0.4) is 0 Å². The van der Waals surface area contributed by atoms with Gasteiger partial charge in [-0.1, -0.05) is 127 Å². The Morgan fingerprint density at radius 2 is 0.716 bits per heavy atom. The number of carbonyl (C=O) groups is 2. The summed E-state index contributed by atoms with van der Waals surface area (Å²) in [5.41, 5.74) is 13.5. The highest BCUT2D eigenvalue weighted by Crippen LogP contribution is 2.66. The van der Waals surface area contributed by atoms with E-state index in [1.54, 1.807) is 0 Å². The molecule has 3 heterocycles. The van der Waals surface area contributed by atoms with Crippen LogP contribution in [0.4, 0.5) is 0 Å². The van der Waals surface area contributed by atoms with E-state index < -0.39 is 16.2 Å². The minimum absolute atomic E-state index is 0.213. The van der Waals surface area contributed by atoms with E-state index in [2.05, 4.69) is 152 Å². The topological polar surface area (TPSA) is 91.3 Å². The molecule has 6 aromatic carbocycles. The van der Waals surface area contributed by atoms with Crippen molar-refractivity contribution < 1.29 is 19.1 Å². The van der Waals surface area contributed by atoms with Gasteiger partial charge in [0.2, 0.25) is 0 Å². The van der Waals surface area contributed by atoms with Crippen molar-refractivity contribution in [2.45, 2.75) is 68.6 Å². The molecular formula is C60H49N3O4. The standard InChI is InChI=1S/C60H49N3O4/c1-3-66-53(64)29-31-58(44-23-11-8-20-41(44)55-47(58)33-38-17-5-14-26-50(38)61-55)36-60(46-25-13-10-22-43(46)57-49(60)35-40-19-7-16-28-52(40)63-57)37-59(32-30-54(65)67-4-2)45-24-12-9-21-42(45)56-48(59)34-39-18-6-15-27-51(39)62-56/h5-28,33-35H,3-4,29-32,36-37H2,1-2H3. The number of carbonyl (C=O) groups excluding carboxylic acids is 2. The van der Waals surface area contributed by atoms with E-state index in [0.29, 0.717) is 38.9 Å². The van der Waals surface area contributed by atoms with Gasteiger partial charge in [0.15, 0.2) is 0 Å². The Hall–Kier alpha value is -7.51. The third kappa shape index (κ3) is 6.27. The number of hydrogen-bond acceptors (Lipinski definition) is 7. The summed E-state index contributed by atoms with van der Waals surface area (Å²) < 4.78 is 11.5. The second kappa shape index (κ2) is 15.8. The number of pyridine rings is 3. The van der Waals surface area contributed by atoms with Crippen molar-refractivity contribution in [1.82, 2.24) is 15.0 Å². The van der Waals surface area contributed by atoms with Gasteiger partial charge in [0.25, 0.3) is 0 Å². The van der Waals surface area contributed by atoms with E-state index >= 15 is 0 Å². The lowest BCUT2D eigenvalue weighted by Crippen LogP contribution is -2.43. The number of rotatable bonds is 12. The lowest BCUT2D eigenvalue weighted by molar-refractivity contribution is -0.144. The maximum atomic E-state index is 13.9. The molecule has 0 N–H and O–H groups in total. The summed E-state index contributed by atoms with van der Waals surface area (Å²) in [6.07, 6.45) is 2.56. The molecule has 9 aromatic rings. The molecule has 67 heavy (non-hydrogen) atoms. The van der Waals surface area contributed by atoms with Crippen LogP contribution >= 0.6 is 0 Å². The van der Waals surface area contributed by atoms with Crippen LogP contribution in [0, 0.1) is 0 Å². The predicted octanol–water partition coefficient (Wildman–Crippen LogP) is 13.0. The molecule has 0 amide bonds. The second-order valence-corrected chi connectivity index (χ2v) is 18.6. The first-order chi connectivity index (χ1) is 32.9. The Labute approximate surface area is 389 Å². The quantitative estimate of drug-likeness (QED) is 0.113. The third-order valence-electron chi connectivity index (χ3n) is 15.1. The summed E-state index contributed by atoms with van der Waals surface area (Å²) in [6.45, 7) is 4.35. The van der Waals surface area contributed by atoms with Crippen molar-refractivity contribution in [2.75, 3.05) is 13.2 Å². The van der Waals surface area contributed by atoms with Crippen LogP contribution in [-0.4, -0.2) is 40.1 Å². The maximum absolute atomic E-state index is 13.9. The molecule has 2 unspecified atom stereocenters. The highest BCUT2D eigenvalue weighted by Gasteiger charge is 2.58. The Morgan fingerprint density at radius 3 is 1.09 bits per heavy atom. The first kappa shape index (κ1) is 41.0. The Balaban J connectivity index is 1.20. The summed E-state index contributed by atoms with van der Waals surface area (Å²) in [6, 6.07) is 58.3. The van der Waals surface area contributed by atoms with Crippen LogP contribution in [-0.2, 0) is 35.3 Å². The van der Waals surface area contributed by atoms with Gasteiger partial charge in [0.05, 0.1) is 46.8 Å². The lowest BCUT2D eigenvalue weighted by atomic mass is 9.55. The molecule has 0 saturated carbocycles. The number of aromatic nitrogens is 3. The smallest absolute Gasteiger partial charge is 0.305 e. The van der Waals surface area contributed by atoms with Gasteiger partial charge in [0, 0.05) is 61.9 Å². The second-order valence-electron chi connectivity index (χ2n) is 18.6. The first-order valence-electron chi connectivity index (χ1n) is 23.7. The summed E-state index contributed by atoms with van der Waals surface area (Å²) in [5.74, 6) is -0.448. The van der Waals surface area contributed by atoms with Crippen LogP contribution in [0.1, 0.15) is 85.8 Å². The van der Waals surface area contributed by atoms with Gasteiger partial charge in [-0.05, 0) is 109 Å². The van der Waals surface area contributed by atoms with Gasteiger partial charge in [0.1, 0.15) is 0 Å². The van der Waals surface area contributed by atoms with Crippen LogP contribution in [0.25, 0.3) is 66.5 Å². The van der Waals surface area contributed by atoms with Crippen molar-refractivity contribution in [3.63, 3.8) is 0 Å². The highest BCUT2D eigenvalue weighted by molar-refractivity contribution is 5.93. The fourth-order valence-corrected chi connectivity index (χ4v) is 12.5. The Bertz CT molecular complexity index is 3330. The van der Waals surface area contributed by atoms with E-state index in [1.165, 1.54) is 5.56 Å². The summed E-state index contributed by atoms with van der Waals surface area (Å²) in [5, 5.41) is 3.15. The zero-order valence-electron chi connectivity index (χ0n) is 37.7. The molecule has 328 valence electrons. The molecule has 0 saturated heterocycles. The van der Waals surface area contributed by atoms with Crippen LogP contribution < -0.4 is 0 Å². The molecule has 3 aliphatic rings. The van der Waals surface area contributed by atoms with Gasteiger partial charge in [-0.3, -0.25) is 9.59 Å². The molecular weight excluding hydrogens is 827 g/mol. The van der Waals surface area contributed by atoms with Crippen molar-refractivity contribution in [2.24, 2.45) is 0 Å². The predicted molar refractivity (Wildman–Crippen MR) is 265 cm³/mol. The molecule has 0 radical (unpaired) electrons. The fraction of sp³-hybridized carbons (Fsp3) is 0.217. The van der Waals surface area contributed by atoms with Crippen molar-refractivity contribution in [1.29, 1.82) is 0 Å². The maximum Gasteiger partial charge on any atom is 0.305 e.